The van der Waals surface area contributed by atoms with Gasteiger partial charge in [0.15, 0.2) is 9.84 Å². The average molecular weight is 620 g/mol. The summed E-state index contributed by atoms with van der Waals surface area (Å²) in [6.07, 6.45) is -3.16. The Labute approximate surface area is 236 Å². The number of alkyl halides is 3. The van der Waals surface area contributed by atoms with Crippen LogP contribution in [0, 0.1) is 5.92 Å². The number of para-hydroxylation sites is 1. The van der Waals surface area contributed by atoms with E-state index in [2.05, 4.69) is 14.7 Å². The lowest BCUT2D eigenvalue weighted by atomic mass is 9.99. The molecule has 4 aromatic rings. The van der Waals surface area contributed by atoms with Crippen molar-refractivity contribution in [2.45, 2.75) is 30.0 Å². The summed E-state index contributed by atoms with van der Waals surface area (Å²) in [7, 11) is -3.49. The van der Waals surface area contributed by atoms with Gasteiger partial charge in [-0.25, -0.2) is 13.4 Å². The smallest absolute Gasteiger partial charge is 0.405 e. The van der Waals surface area contributed by atoms with E-state index in [4.69, 9.17) is 34.8 Å². The Morgan fingerprint density at radius 1 is 1.08 bits per heavy atom. The Morgan fingerprint density at radius 3 is 2.44 bits per heavy atom. The molecular weight excluding hydrogens is 600 g/mol. The van der Waals surface area contributed by atoms with Crippen LogP contribution in [0.1, 0.15) is 30.1 Å². The summed E-state index contributed by atoms with van der Waals surface area (Å²) in [6.45, 7) is -0.436. The number of aromatic amines is 1. The van der Waals surface area contributed by atoms with E-state index in [0.29, 0.717) is 11.1 Å². The van der Waals surface area contributed by atoms with Crippen molar-refractivity contribution in [1.29, 1.82) is 0 Å². The second-order valence-electron chi connectivity index (χ2n) is 9.25. The van der Waals surface area contributed by atoms with Crippen LogP contribution in [0.5, 0.6) is 5.75 Å². The van der Waals surface area contributed by atoms with Gasteiger partial charge < -0.3 is 14.8 Å². The number of ether oxygens (including phenoxy) is 1. The zero-order chi connectivity index (χ0) is 28.1. The van der Waals surface area contributed by atoms with E-state index in [1.807, 2.05) is 0 Å². The summed E-state index contributed by atoms with van der Waals surface area (Å²) in [5.41, 5.74) is 1.10. The van der Waals surface area contributed by atoms with Crippen molar-refractivity contribution in [3.63, 3.8) is 0 Å². The highest BCUT2D eigenvalue weighted by atomic mass is 35.5. The number of hydrogen-bond acceptors (Lipinski definition) is 5. The average Bonchev–Trinajstić information content (AvgIpc) is 3.55. The summed E-state index contributed by atoms with van der Waals surface area (Å²) < 4.78 is 68.5. The van der Waals surface area contributed by atoms with Gasteiger partial charge in [-0.05, 0) is 48.6 Å². The third-order valence-electron chi connectivity index (χ3n) is 6.44. The van der Waals surface area contributed by atoms with E-state index in [1.54, 1.807) is 0 Å². The molecule has 1 aliphatic carbocycles. The van der Waals surface area contributed by atoms with E-state index in [0.717, 1.165) is 18.9 Å². The molecule has 1 aromatic heterocycles. The van der Waals surface area contributed by atoms with Crippen molar-refractivity contribution >= 4 is 55.7 Å². The minimum absolute atomic E-state index is 0.0148. The van der Waals surface area contributed by atoms with Crippen LogP contribution >= 0.6 is 34.8 Å². The highest BCUT2D eigenvalue weighted by Gasteiger charge is 2.33. The molecule has 5 rings (SSSR count). The van der Waals surface area contributed by atoms with Crippen molar-refractivity contribution in [1.82, 2.24) is 9.97 Å². The van der Waals surface area contributed by atoms with Gasteiger partial charge in [-0.15, -0.1) is 13.2 Å². The molecule has 1 unspecified atom stereocenters. The van der Waals surface area contributed by atoms with E-state index in [9.17, 15) is 26.7 Å². The predicted octanol–water partition coefficient (Wildman–Crippen LogP) is 7.40. The fourth-order valence-electron chi connectivity index (χ4n) is 4.41. The number of sulfone groups is 1. The van der Waals surface area contributed by atoms with Gasteiger partial charge in [0.25, 0.3) is 0 Å². The summed E-state index contributed by atoms with van der Waals surface area (Å²) in [4.78, 5) is 7.64. The van der Waals surface area contributed by atoms with Crippen LogP contribution in [0.3, 0.4) is 0 Å². The Morgan fingerprint density at radius 2 is 1.79 bits per heavy atom. The first-order chi connectivity index (χ1) is 18.4. The lowest BCUT2D eigenvalue weighted by Gasteiger charge is -2.15. The number of fused-ring (bicyclic) bond motifs is 1. The third kappa shape index (κ3) is 5.85. The number of nitrogens with one attached hydrogen (secondary N) is 1. The maximum atomic E-state index is 13.0. The lowest BCUT2D eigenvalue weighted by molar-refractivity contribution is -0.274. The van der Waals surface area contributed by atoms with Crippen LogP contribution in [0.25, 0.3) is 22.2 Å². The maximum absolute atomic E-state index is 13.0. The van der Waals surface area contributed by atoms with Crippen molar-refractivity contribution < 1.29 is 31.4 Å². The molecule has 0 saturated heterocycles. The second kappa shape index (κ2) is 10.5. The number of imidazole rings is 1. The highest BCUT2D eigenvalue weighted by molar-refractivity contribution is 7.91. The van der Waals surface area contributed by atoms with Crippen LogP contribution in [-0.4, -0.2) is 42.2 Å². The monoisotopic (exact) mass is 618 g/mol. The molecule has 1 heterocycles. The molecule has 13 heteroatoms. The first-order valence-electron chi connectivity index (χ1n) is 11.7. The summed E-state index contributed by atoms with van der Waals surface area (Å²) in [6, 6.07) is 11.2. The van der Waals surface area contributed by atoms with E-state index < -0.39 is 34.5 Å². The molecule has 1 aliphatic rings. The number of aliphatic hydroxyl groups excluding tert-OH is 1. The lowest BCUT2D eigenvalue weighted by Crippen LogP contribution is -2.17. The zero-order valence-corrected chi connectivity index (χ0v) is 23.0. The molecule has 1 fully saturated rings. The van der Waals surface area contributed by atoms with Crippen molar-refractivity contribution in [2.24, 2.45) is 5.92 Å². The number of aromatic nitrogens is 2. The molecule has 39 heavy (non-hydrogen) atoms. The van der Waals surface area contributed by atoms with Gasteiger partial charge in [-0.1, -0.05) is 59.1 Å². The van der Waals surface area contributed by atoms with Gasteiger partial charge in [0.2, 0.25) is 0 Å². The van der Waals surface area contributed by atoms with Gasteiger partial charge in [0, 0.05) is 16.1 Å². The van der Waals surface area contributed by atoms with Crippen LogP contribution < -0.4 is 4.74 Å². The largest absolute Gasteiger partial charge is 0.573 e. The molecule has 1 saturated carbocycles. The van der Waals surface area contributed by atoms with Gasteiger partial charge in [0.1, 0.15) is 17.1 Å². The standard InChI is InChI=1S/C26H20Cl3F3N2O4S/c27-18-9-14(39(36,37)12-13-5-6-13)7-8-15(18)17(11-35)25-33-20-10-19(28)22(23(29)24(20)34-25)16-3-1-2-4-21(16)38-26(30,31)32/h1-4,7-10,13,17,35H,5-6,11-12H2,(H,33,34). The molecule has 0 spiro atoms. The third-order valence-corrected chi connectivity index (χ3v) is 9.32. The number of H-pyrrole nitrogens is 1. The van der Waals surface area contributed by atoms with E-state index in [-0.39, 0.29) is 54.1 Å². The van der Waals surface area contributed by atoms with Gasteiger partial charge in [0.05, 0.1) is 38.7 Å². The summed E-state index contributed by atoms with van der Waals surface area (Å²) >= 11 is 19.5. The van der Waals surface area contributed by atoms with Crippen LogP contribution in [0.15, 0.2) is 53.4 Å². The highest BCUT2D eigenvalue weighted by Crippen LogP contribution is 2.45. The molecule has 1 atom stereocenters. The van der Waals surface area contributed by atoms with Crippen molar-refractivity contribution in [3.8, 4) is 16.9 Å². The first kappa shape index (κ1) is 28.0. The van der Waals surface area contributed by atoms with Gasteiger partial charge in [-0.3, -0.25) is 0 Å². The summed E-state index contributed by atoms with van der Waals surface area (Å²) in [5, 5.41) is 10.4. The Bertz CT molecular complexity index is 1670. The minimum Gasteiger partial charge on any atom is -0.405 e. The number of halogens is 6. The van der Waals surface area contributed by atoms with Gasteiger partial charge >= 0.3 is 6.36 Å². The molecule has 0 aliphatic heterocycles. The zero-order valence-electron chi connectivity index (χ0n) is 19.9. The molecule has 0 radical (unpaired) electrons. The van der Waals surface area contributed by atoms with Crippen molar-refractivity contribution in [3.05, 3.63) is 75.0 Å². The number of hydrogen-bond donors (Lipinski definition) is 2. The molecule has 2 N–H and O–H groups in total. The Kier molecular flexibility index (Phi) is 7.54. The fourth-order valence-corrected chi connectivity index (χ4v) is 7.20. The van der Waals surface area contributed by atoms with Crippen molar-refractivity contribution in [2.75, 3.05) is 12.4 Å². The fraction of sp³-hybridized carbons (Fsp3) is 0.269. The SMILES string of the molecule is O=S(=O)(CC1CC1)c1ccc(C(CO)c2nc3c(Cl)c(-c4ccccc4OC(F)(F)F)c(Cl)cc3[nH]2)c(Cl)c1. The molecule has 0 amide bonds. The number of rotatable bonds is 8. The van der Waals surface area contributed by atoms with Gasteiger partial charge in [-0.2, -0.15) is 0 Å². The Balaban J connectivity index is 1.55. The topological polar surface area (TPSA) is 92.3 Å². The van der Waals surface area contributed by atoms with Crippen LogP contribution in [0.2, 0.25) is 15.1 Å². The second-order valence-corrected chi connectivity index (χ2v) is 12.5. The predicted molar refractivity (Wildman–Crippen MR) is 143 cm³/mol. The quantitative estimate of drug-likeness (QED) is 0.215. The molecule has 0 bridgehead atoms. The first-order valence-corrected chi connectivity index (χ1v) is 14.5. The van der Waals surface area contributed by atoms with E-state index >= 15 is 0 Å². The molecule has 3 aromatic carbocycles. The van der Waals surface area contributed by atoms with Crippen LogP contribution in [0.4, 0.5) is 13.2 Å². The molecular formula is C26H20Cl3F3N2O4S. The van der Waals surface area contributed by atoms with Crippen LogP contribution in [-0.2, 0) is 9.84 Å². The Hall–Kier alpha value is -2.50. The molecule has 206 valence electrons. The van der Waals surface area contributed by atoms with E-state index in [1.165, 1.54) is 42.5 Å². The number of aliphatic hydroxyl groups is 1. The maximum Gasteiger partial charge on any atom is 0.573 e. The number of benzene rings is 3. The molecule has 6 nitrogen and oxygen atoms in total. The minimum atomic E-state index is -4.93. The summed E-state index contributed by atoms with van der Waals surface area (Å²) in [5.74, 6) is -0.792. The normalized spacial score (nSPS) is 15.1. The number of nitrogens with zero attached hydrogens (tertiary/aromatic N) is 1.